The van der Waals surface area contributed by atoms with Crippen LogP contribution in [0.4, 0.5) is 0 Å². The van der Waals surface area contributed by atoms with Crippen molar-refractivity contribution < 1.29 is 23.3 Å². The third kappa shape index (κ3) is 8.19. The molecule has 0 amide bonds. The smallest absolute Gasteiger partial charge is 0.163 e. The molecule has 0 bridgehead atoms. The highest BCUT2D eigenvalue weighted by atomic mass is 35.5. The summed E-state index contributed by atoms with van der Waals surface area (Å²) in [5, 5.41) is 10.7. The number of ether oxygens (including phenoxy) is 3. The Morgan fingerprint density at radius 1 is 0.489 bits per heavy atom. The molecule has 0 aliphatic rings. The van der Waals surface area contributed by atoms with Crippen molar-refractivity contribution in [2.75, 3.05) is 0 Å². The van der Waals surface area contributed by atoms with Crippen molar-refractivity contribution in [1.29, 1.82) is 0 Å². The number of hydrogen-bond donors (Lipinski definition) is 0. The first-order valence-corrected chi connectivity index (χ1v) is 15.2. The summed E-state index contributed by atoms with van der Waals surface area (Å²) >= 11 is 24.5. The van der Waals surface area contributed by atoms with Gasteiger partial charge in [-0.25, -0.2) is 0 Å². The van der Waals surface area contributed by atoms with Gasteiger partial charge in [-0.3, -0.25) is 0 Å². The number of halogens is 4. The maximum absolute atomic E-state index is 6.22. The van der Waals surface area contributed by atoms with Crippen LogP contribution in [-0.2, 0) is 31.2 Å². The van der Waals surface area contributed by atoms with Crippen LogP contribution in [0, 0.1) is 0 Å². The lowest BCUT2D eigenvalue weighted by Gasteiger charge is -2.08. The molecule has 0 saturated heterocycles. The van der Waals surface area contributed by atoms with Gasteiger partial charge in [0.15, 0.2) is 11.5 Å². The molecule has 11 heteroatoms. The first-order valence-electron chi connectivity index (χ1n) is 13.7. The number of hydrogen-bond acceptors (Lipinski definition) is 7. The van der Waals surface area contributed by atoms with Gasteiger partial charge >= 0.3 is 0 Å². The molecule has 0 saturated carbocycles. The van der Waals surface area contributed by atoms with Crippen molar-refractivity contribution in [3.63, 3.8) is 0 Å². The zero-order valence-electron chi connectivity index (χ0n) is 23.5. The summed E-state index contributed by atoms with van der Waals surface area (Å²) in [4.78, 5) is 0. The fraction of sp³-hybridized carbons (Fsp3) is 0.118. The van der Waals surface area contributed by atoms with Gasteiger partial charge in [0.2, 0.25) is 0 Å². The van der Waals surface area contributed by atoms with Crippen molar-refractivity contribution in [3.8, 4) is 34.0 Å². The Morgan fingerprint density at radius 3 is 1.33 bits per heavy atom. The minimum absolute atomic E-state index is 0.216. The van der Waals surface area contributed by atoms with Gasteiger partial charge in [-0.05, 0) is 84.9 Å². The van der Waals surface area contributed by atoms with Crippen LogP contribution in [0.3, 0.4) is 0 Å². The third-order valence-electron chi connectivity index (χ3n) is 6.71. The molecule has 0 radical (unpaired) electrons. The second kappa shape index (κ2) is 14.4. The molecule has 2 aromatic heterocycles. The molecule has 0 unspecified atom stereocenters. The van der Waals surface area contributed by atoms with Gasteiger partial charge in [0.1, 0.15) is 49.3 Å². The van der Waals surface area contributed by atoms with E-state index in [1.807, 2.05) is 60.7 Å². The summed E-state index contributed by atoms with van der Waals surface area (Å²) in [7, 11) is 0. The van der Waals surface area contributed by atoms with E-state index < -0.39 is 0 Å². The van der Waals surface area contributed by atoms with Gasteiger partial charge in [0.05, 0.1) is 0 Å². The quantitative estimate of drug-likeness (QED) is 0.127. The normalized spacial score (nSPS) is 11.1. The number of benzene rings is 4. The van der Waals surface area contributed by atoms with E-state index in [4.69, 9.17) is 69.7 Å². The molecule has 6 aromatic rings. The van der Waals surface area contributed by atoms with Crippen LogP contribution < -0.4 is 9.47 Å². The van der Waals surface area contributed by atoms with E-state index in [9.17, 15) is 0 Å². The highest BCUT2D eigenvalue weighted by Gasteiger charge is 2.11. The standard InChI is InChI=1S/C34H24Cl4N2O5/c35-25-5-11-31(37)23(13-25)17-42-27-7-1-21(2-8-27)33-15-29(44-39-33)19-41-20-30-16-34(40-45-30)22-3-9-28(10-4-22)43-18-24-14-26(36)6-12-32(24)38/h1-16H,17-20H2. The lowest BCUT2D eigenvalue weighted by Crippen LogP contribution is -1.96. The number of nitrogens with zero attached hydrogens (tertiary/aromatic N) is 2. The fourth-order valence-electron chi connectivity index (χ4n) is 4.36. The summed E-state index contributed by atoms with van der Waals surface area (Å²) < 4.78 is 28.4. The van der Waals surface area contributed by atoms with Crippen LogP contribution >= 0.6 is 46.4 Å². The molecule has 0 aliphatic heterocycles. The monoisotopic (exact) mass is 680 g/mol. The highest BCUT2D eigenvalue weighted by Crippen LogP contribution is 2.27. The minimum Gasteiger partial charge on any atom is -0.489 e. The largest absolute Gasteiger partial charge is 0.489 e. The van der Waals surface area contributed by atoms with Crippen molar-refractivity contribution in [2.45, 2.75) is 26.4 Å². The SMILES string of the molecule is Clc1ccc(Cl)c(COc2ccc(-c3cc(COCc4cc(-c5ccc(OCc6cc(Cl)ccc6Cl)cc5)no4)on3)cc2)c1. The van der Waals surface area contributed by atoms with Gasteiger partial charge in [-0.2, -0.15) is 0 Å². The van der Waals surface area contributed by atoms with Crippen LogP contribution in [-0.4, -0.2) is 10.3 Å². The Kier molecular flexibility index (Phi) is 9.94. The van der Waals surface area contributed by atoms with E-state index in [1.165, 1.54) is 0 Å². The maximum atomic E-state index is 6.22. The number of rotatable bonds is 12. The summed E-state index contributed by atoms with van der Waals surface area (Å²) in [6.07, 6.45) is 0. The summed E-state index contributed by atoms with van der Waals surface area (Å²) in [6, 6.07) is 29.3. The molecule has 7 nitrogen and oxygen atoms in total. The molecule has 4 aromatic carbocycles. The van der Waals surface area contributed by atoms with E-state index in [1.54, 1.807) is 36.4 Å². The van der Waals surface area contributed by atoms with Crippen LogP contribution in [0.25, 0.3) is 22.5 Å². The predicted octanol–water partition coefficient (Wildman–Crippen LogP) is 10.5. The average molecular weight is 682 g/mol. The van der Waals surface area contributed by atoms with Gasteiger partial charge in [-0.1, -0.05) is 56.7 Å². The molecule has 45 heavy (non-hydrogen) atoms. The Hall–Kier alpha value is -3.98. The summed E-state index contributed by atoms with van der Waals surface area (Å²) in [6.45, 7) is 1.04. The second-order valence-electron chi connectivity index (χ2n) is 9.95. The molecular formula is C34H24Cl4N2O5. The lowest BCUT2D eigenvalue weighted by molar-refractivity contribution is 0.0727. The van der Waals surface area contributed by atoms with E-state index in [0.717, 1.165) is 22.3 Å². The lowest BCUT2D eigenvalue weighted by atomic mass is 10.1. The molecule has 0 atom stereocenters. The molecule has 0 aliphatic carbocycles. The Morgan fingerprint density at radius 2 is 0.911 bits per heavy atom. The van der Waals surface area contributed by atoms with Crippen LogP contribution in [0.5, 0.6) is 11.5 Å². The van der Waals surface area contributed by atoms with Crippen LogP contribution in [0.15, 0.2) is 106 Å². The van der Waals surface area contributed by atoms with Gasteiger partial charge in [0.25, 0.3) is 0 Å². The molecular weight excluding hydrogens is 658 g/mol. The fourth-order valence-corrected chi connectivity index (χ4v) is 5.09. The van der Waals surface area contributed by atoms with Crippen LogP contribution in [0.1, 0.15) is 22.6 Å². The van der Waals surface area contributed by atoms with Crippen LogP contribution in [0.2, 0.25) is 20.1 Å². The Bertz CT molecular complexity index is 1750. The molecule has 0 N–H and O–H groups in total. The van der Waals surface area contributed by atoms with Gasteiger partial charge < -0.3 is 23.3 Å². The van der Waals surface area contributed by atoms with Crippen molar-refractivity contribution >= 4 is 46.4 Å². The van der Waals surface area contributed by atoms with Crippen molar-refractivity contribution in [2.24, 2.45) is 0 Å². The molecule has 0 spiro atoms. The average Bonchev–Trinajstić information content (AvgIpc) is 3.73. The first-order chi connectivity index (χ1) is 21.9. The zero-order valence-corrected chi connectivity index (χ0v) is 26.5. The third-order valence-corrected chi connectivity index (χ3v) is 7.92. The second-order valence-corrected chi connectivity index (χ2v) is 11.6. The van der Waals surface area contributed by atoms with Gasteiger partial charge in [0, 0.05) is 54.5 Å². The van der Waals surface area contributed by atoms with Crippen molar-refractivity contribution in [3.05, 3.63) is 140 Å². The summed E-state index contributed by atoms with van der Waals surface area (Å²) in [5.74, 6) is 2.54. The topological polar surface area (TPSA) is 79.8 Å². The van der Waals surface area contributed by atoms with E-state index in [2.05, 4.69) is 10.3 Å². The zero-order chi connectivity index (χ0) is 31.2. The Labute approximate surface area is 279 Å². The van der Waals surface area contributed by atoms with Crippen molar-refractivity contribution in [1.82, 2.24) is 10.3 Å². The molecule has 6 rings (SSSR count). The minimum atomic E-state index is 0.216. The maximum Gasteiger partial charge on any atom is 0.163 e. The summed E-state index contributed by atoms with van der Waals surface area (Å²) in [5.41, 5.74) is 4.75. The number of aromatic nitrogens is 2. The van der Waals surface area contributed by atoms with E-state index in [-0.39, 0.29) is 13.2 Å². The first kappa shape index (κ1) is 31.0. The van der Waals surface area contributed by atoms with Gasteiger partial charge in [-0.15, -0.1) is 0 Å². The van der Waals surface area contributed by atoms with E-state index >= 15 is 0 Å². The molecule has 2 heterocycles. The Balaban J connectivity index is 0.969. The predicted molar refractivity (Wildman–Crippen MR) is 174 cm³/mol. The molecule has 228 valence electrons. The highest BCUT2D eigenvalue weighted by molar-refractivity contribution is 6.34. The van der Waals surface area contributed by atoms with E-state index in [0.29, 0.717) is 67.7 Å². The molecule has 0 fully saturated rings.